The van der Waals surface area contributed by atoms with E-state index in [1.807, 2.05) is 0 Å². The molecule has 2 aliphatic heterocycles. The van der Waals surface area contributed by atoms with Crippen molar-refractivity contribution in [2.24, 2.45) is 0 Å². The molecule has 45 heavy (non-hydrogen) atoms. The first-order valence-corrected chi connectivity index (χ1v) is 15.4. The Kier molecular flexibility index (Phi) is 5.92. The van der Waals surface area contributed by atoms with E-state index in [1.54, 1.807) is 0 Å². The summed E-state index contributed by atoms with van der Waals surface area (Å²) in [5.41, 5.74) is 14.9. The van der Waals surface area contributed by atoms with Gasteiger partial charge in [0, 0.05) is 56.1 Å². The molecule has 0 bridgehead atoms. The third kappa shape index (κ3) is 3.96. The van der Waals surface area contributed by atoms with Gasteiger partial charge in [-0.05, 0) is 41.9 Å². The van der Waals surface area contributed by atoms with Crippen LogP contribution in [0.2, 0.25) is 0 Å². The predicted molar refractivity (Wildman–Crippen MR) is 189 cm³/mol. The van der Waals surface area contributed by atoms with Gasteiger partial charge in [-0.3, -0.25) is 0 Å². The second kappa shape index (κ2) is 10.4. The topological polar surface area (TPSA) is 19.4 Å². The van der Waals surface area contributed by atoms with Gasteiger partial charge < -0.3 is 9.62 Å². The zero-order valence-electron chi connectivity index (χ0n) is 24.6. The van der Waals surface area contributed by atoms with Gasteiger partial charge in [-0.25, -0.2) is 4.98 Å². The number of para-hydroxylation sites is 4. The van der Waals surface area contributed by atoms with Gasteiger partial charge >= 0.3 is 6.98 Å². The van der Waals surface area contributed by atoms with Gasteiger partial charge in [0.15, 0.2) is 0 Å². The summed E-state index contributed by atoms with van der Waals surface area (Å²) in [7, 11) is 0. The van der Waals surface area contributed by atoms with Crippen LogP contribution in [0.4, 0.5) is 22.7 Å². The first-order valence-electron chi connectivity index (χ1n) is 15.4. The molecule has 1 aromatic heterocycles. The van der Waals surface area contributed by atoms with Crippen LogP contribution in [-0.2, 0) is 0 Å². The molecule has 0 saturated heterocycles. The predicted octanol–water partition coefficient (Wildman–Crippen LogP) is 9.75. The van der Waals surface area contributed by atoms with Crippen LogP contribution in [0.1, 0.15) is 0 Å². The molecule has 0 N–H and O–H groups in total. The fraction of sp³-hybridized carbons (Fsp3) is 0. The number of hydrogen-bond acceptors (Lipinski definition) is 3. The average molecular weight is 574 g/mol. The van der Waals surface area contributed by atoms with Crippen LogP contribution in [-0.4, -0.2) is 12.0 Å². The van der Waals surface area contributed by atoms with Crippen molar-refractivity contribution < 1.29 is 0 Å². The lowest BCUT2D eigenvalue weighted by atomic mass is 9.52. The third-order valence-corrected chi connectivity index (χ3v) is 9.01. The smallest absolute Gasteiger partial charge is 0.361 e. The zero-order chi connectivity index (χ0) is 29.7. The number of anilines is 4. The highest BCUT2D eigenvalue weighted by molar-refractivity contribution is 6.86. The number of fused-ring (bicyclic) bond motifs is 4. The molecule has 210 valence electrons. The van der Waals surface area contributed by atoms with E-state index in [1.165, 1.54) is 39.1 Å². The largest absolute Gasteiger partial charge is 0.422 e. The lowest BCUT2D eigenvalue weighted by molar-refractivity contribution is 1.24. The minimum absolute atomic E-state index is 0.169. The molecule has 0 amide bonds. The normalized spacial score (nSPS) is 12.8. The van der Waals surface area contributed by atoms with Gasteiger partial charge in [-0.2, -0.15) is 0 Å². The Morgan fingerprint density at radius 1 is 0.378 bits per heavy atom. The SMILES string of the molecule is c1ccc(-c2nc(-c3ccccc3)c3c4c2-c2ccccc2N(c2ccccc2)B4N(c2ccccc2)c2ccccc2-3)cc1. The summed E-state index contributed by atoms with van der Waals surface area (Å²) < 4.78 is 0. The van der Waals surface area contributed by atoms with E-state index < -0.39 is 0 Å². The summed E-state index contributed by atoms with van der Waals surface area (Å²) in [6, 6.07) is 60.6. The van der Waals surface area contributed by atoms with Crippen molar-refractivity contribution in [3.8, 4) is 44.8 Å². The molecule has 0 fully saturated rings. The van der Waals surface area contributed by atoms with Crippen LogP contribution in [0.15, 0.2) is 170 Å². The Hall–Kier alpha value is -5.87. The van der Waals surface area contributed by atoms with Crippen LogP contribution in [0.5, 0.6) is 0 Å². The second-order valence-electron chi connectivity index (χ2n) is 11.5. The average Bonchev–Trinajstić information content (AvgIpc) is 3.13. The molecule has 0 spiro atoms. The summed E-state index contributed by atoms with van der Waals surface area (Å²) in [6.07, 6.45) is 0. The zero-order valence-corrected chi connectivity index (χ0v) is 24.6. The minimum Gasteiger partial charge on any atom is -0.361 e. The quantitative estimate of drug-likeness (QED) is 0.196. The van der Waals surface area contributed by atoms with E-state index in [0.717, 1.165) is 33.9 Å². The number of pyridine rings is 1. The van der Waals surface area contributed by atoms with Crippen molar-refractivity contribution in [1.82, 2.24) is 4.98 Å². The van der Waals surface area contributed by atoms with Crippen molar-refractivity contribution >= 4 is 35.2 Å². The Balaban J connectivity index is 1.50. The molecule has 3 heterocycles. The van der Waals surface area contributed by atoms with E-state index in [4.69, 9.17) is 4.98 Å². The van der Waals surface area contributed by atoms with Crippen molar-refractivity contribution in [3.63, 3.8) is 0 Å². The highest BCUT2D eigenvalue weighted by Gasteiger charge is 2.48. The van der Waals surface area contributed by atoms with Gasteiger partial charge in [0.1, 0.15) is 0 Å². The second-order valence-corrected chi connectivity index (χ2v) is 11.5. The van der Waals surface area contributed by atoms with E-state index in [9.17, 15) is 0 Å². The Morgan fingerprint density at radius 3 is 1.16 bits per heavy atom. The number of rotatable bonds is 4. The van der Waals surface area contributed by atoms with E-state index >= 15 is 0 Å². The number of nitrogens with zero attached hydrogens (tertiary/aromatic N) is 3. The fourth-order valence-corrected chi connectivity index (χ4v) is 7.18. The maximum absolute atomic E-state index is 5.62. The molecule has 7 aromatic rings. The summed E-state index contributed by atoms with van der Waals surface area (Å²) in [5.74, 6) is 0. The van der Waals surface area contributed by atoms with E-state index in [0.29, 0.717) is 0 Å². The molecule has 0 unspecified atom stereocenters. The van der Waals surface area contributed by atoms with Crippen LogP contribution < -0.4 is 15.1 Å². The molecule has 0 atom stereocenters. The van der Waals surface area contributed by atoms with Gasteiger partial charge in [0.05, 0.1) is 11.4 Å². The van der Waals surface area contributed by atoms with Crippen molar-refractivity contribution in [3.05, 3.63) is 170 Å². The summed E-state index contributed by atoms with van der Waals surface area (Å²) in [4.78, 5) is 10.7. The molecule has 9 rings (SSSR count). The summed E-state index contributed by atoms with van der Waals surface area (Å²) in [5, 5.41) is 0. The molecular formula is C41H28BN3. The van der Waals surface area contributed by atoms with Crippen molar-refractivity contribution in [2.75, 3.05) is 9.62 Å². The number of hydrogen-bond donors (Lipinski definition) is 0. The Morgan fingerprint density at radius 2 is 0.733 bits per heavy atom. The van der Waals surface area contributed by atoms with Gasteiger partial charge in [0.25, 0.3) is 0 Å². The van der Waals surface area contributed by atoms with Crippen molar-refractivity contribution in [2.45, 2.75) is 0 Å². The Labute approximate surface area is 263 Å². The number of aromatic nitrogens is 1. The summed E-state index contributed by atoms with van der Waals surface area (Å²) >= 11 is 0. The van der Waals surface area contributed by atoms with Crippen LogP contribution in [0.25, 0.3) is 44.8 Å². The molecule has 0 saturated carbocycles. The lowest BCUT2D eigenvalue weighted by Gasteiger charge is -2.48. The fourth-order valence-electron chi connectivity index (χ4n) is 7.18. The minimum atomic E-state index is -0.169. The lowest BCUT2D eigenvalue weighted by Crippen LogP contribution is -2.62. The van der Waals surface area contributed by atoms with E-state index in [2.05, 4.69) is 179 Å². The van der Waals surface area contributed by atoms with Gasteiger partial charge in [0.2, 0.25) is 0 Å². The van der Waals surface area contributed by atoms with Crippen molar-refractivity contribution in [1.29, 1.82) is 0 Å². The first-order chi connectivity index (χ1) is 22.4. The van der Waals surface area contributed by atoms with Crippen LogP contribution in [0.3, 0.4) is 0 Å². The molecule has 4 heteroatoms. The number of benzene rings is 6. The van der Waals surface area contributed by atoms with Crippen LogP contribution >= 0.6 is 0 Å². The molecular weight excluding hydrogens is 545 g/mol. The monoisotopic (exact) mass is 573 g/mol. The highest BCUT2D eigenvalue weighted by atomic mass is 15.2. The third-order valence-electron chi connectivity index (χ3n) is 9.01. The molecule has 0 radical (unpaired) electrons. The molecule has 3 nitrogen and oxygen atoms in total. The highest BCUT2D eigenvalue weighted by Crippen LogP contribution is 2.52. The summed E-state index contributed by atoms with van der Waals surface area (Å²) in [6.45, 7) is -0.169. The molecule has 0 aliphatic carbocycles. The molecule has 2 aliphatic rings. The maximum Gasteiger partial charge on any atom is 0.422 e. The molecule has 6 aromatic carbocycles. The van der Waals surface area contributed by atoms with E-state index in [-0.39, 0.29) is 6.98 Å². The van der Waals surface area contributed by atoms with Gasteiger partial charge in [-0.1, -0.05) is 133 Å². The standard InChI is InChI=1S/C41H28BN3/c1-5-17-29(18-6-1)40-37-33-25-13-15-27-35(33)44(31-21-9-3-10-22-31)42-39(37)38(41(43-40)30-19-7-2-8-20-30)34-26-14-16-28-36(34)45(42)32-23-11-4-12-24-32/h1-28H. The van der Waals surface area contributed by atoms with Crippen LogP contribution in [0, 0.1) is 0 Å². The first kappa shape index (κ1) is 25.6. The Bertz CT molecular complexity index is 2010. The van der Waals surface area contributed by atoms with Gasteiger partial charge in [-0.15, -0.1) is 0 Å². The maximum atomic E-state index is 5.62.